The maximum absolute atomic E-state index is 13.6. The van der Waals surface area contributed by atoms with Gasteiger partial charge in [-0.3, -0.25) is 9.34 Å². The Morgan fingerprint density at radius 2 is 1.60 bits per heavy atom. The topological polar surface area (TPSA) is 40.6 Å². The number of allylic oxidation sites excluding steroid dienone is 3. The summed E-state index contributed by atoms with van der Waals surface area (Å²) < 4.78 is 30.8. The molecule has 0 saturated carbocycles. The summed E-state index contributed by atoms with van der Waals surface area (Å²) in [6.45, 7) is 4.15. The van der Waals surface area contributed by atoms with Gasteiger partial charge in [-0.25, -0.2) is 0 Å². The fourth-order valence-corrected chi connectivity index (χ4v) is 12.9. The fourth-order valence-electron chi connectivity index (χ4n) is 4.51. The molecule has 1 saturated heterocycles. The first-order chi connectivity index (χ1) is 9.15. The van der Waals surface area contributed by atoms with E-state index in [0.717, 1.165) is 0 Å². The van der Waals surface area contributed by atoms with Crippen LogP contribution in [0.25, 0.3) is 0 Å². The van der Waals surface area contributed by atoms with Gasteiger partial charge in [0.1, 0.15) is 0 Å². The van der Waals surface area contributed by atoms with Crippen molar-refractivity contribution in [2.24, 2.45) is 5.92 Å². The Morgan fingerprint density at radius 3 is 2.10 bits per heavy atom. The monoisotopic (exact) mass is 314 g/mol. The first-order valence-corrected chi connectivity index (χ1v) is 10.7. The summed E-state index contributed by atoms with van der Waals surface area (Å²) in [5.74, 6) is 2.18. The van der Waals surface area contributed by atoms with Gasteiger partial charge in [0.2, 0.25) is 0 Å². The zero-order chi connectivity index (χ0) is 15.0. The highest BCUT2D eigenvalue weighted by Crippen LogP contribution is 2.82. The Morgan fingerprint density at radius 1 is 1.00 bits per heavy atom. The molecular formula is C14H24N2O2P2. The minimum Gasteiger partial charge on any atom is -0.305 e. The van der Waals surface area contributed by atoms with Crippen LogP contribution in [0.4, 0.5) is 0 Å². The summed E-state index contributed by atoms with van der Waals surface area (Å²) in [4.78, 5) is 0. The summed E-state index contributed by atoms with van der Waals surface area (Å²) in [5, 5.41) is 0. The van der Waals surface area contributed by atoms with Gasteiger partial charge in [0.05, 0.1) is 17.0 Å². The van der Waals surface area contributed by atoms with E-state index >= 15 is 0 Å². The lowest BCUT2D eigenvalue weighted by Gasteiger charge is -2.31. The lowest BCUT2D eigenvalue weighted by Crippen LogP contribution is -2.31. The molecule has 1 unspecified atom stereocenters. The Balaban J connectivity index is 2.20. The smallest absolute Gasteiger partial charge is 0.175 e. The molecule has 6 atom stereocenters. The highest BCUT2D eigenvalue weighted by molar-refractivity contribution is 7.70. The molecule has 6 heteroatoms. The van der Waals surface area contributed by atoms with Crippen LogP contribution in [0.5, 0.6) is 0 Å². The molecule has 3 rings (SSSR count). The van der Waals surface area contributed by atoms with Crippen LogP contribution < -0.4 is 0 Å². The Bertz CT molecular complexity index is 621. The average molecular weight is 314 g/mol. The molecule has 0 aromatic heterocycles. The summed E-state index contributed by atoms with van der Waals surface area (Å²) in [5.41, 5.74) is 2.44. The van der Waals surface area contributed by atoms with Crippen molar-refractivity contribution in [3.63, 3.8) is 0 Å². The minimum atomic E-state index is -2.56. The van der Waals surface area contributed by atoms with Crippen LogP contribution in [0, 0.1) is 5.92 Å². The highest BCUT2D eigenvalue weighted by atomic mass is 31.2. The predicted molar refractivity (Wildman–Crippen MR) is 85.0 cm³/mol. The third kappa shape index (κ3) is 1.47. The van der Waals surface area contributed by atoms with Gasteiger partial charge in [-0.1, -0.05) is 17.2 Å². The first kappa shape index (κ1) is 14.8. The summed E-state index contributed by atoms with van der Waals surface area (Å²) in [6.07, 6.45) is 2.15. The van der Waals surface area contributed by atoms with E-state index in [-0.39, 0.29) is 22.9 Å². The van der Waals surface area contributed by atoms with Gasteiger partial charge in [0.25, 0.3) is 0 Å². The second-order valence-electron chi connectivity index (χ2n) is 6.77. The van der Waals surface area contributed by atoms with Crippen molar-refractivity contribution in [3.05, 3.63) is 23.0 Å². The van der Waals surface area contributed by atoms with Crippen LogP contribution in [0.1, 0.15) is 13.8 Å². The molecule has 0 aromatic rings. The lowest BCUT2D eigenvalue weighted by atomic mass is 9.85. The predicted octanol–water partition coefficient (Wildman–Crippen LogP) is 3.28. The normalized spacial score (nSPS) is 49.8. The zero-order valence-corrected chi connectivity index (χ0v) is 14.9. The first-order valence-electron chi connectivity index (χ1n) is 7.07. The minimum absolute atomic E-state index is 0.0134. The molecule has 2 bridgehead atoms. The molecule has 0 amide bonds. The number of nitrogens with zero attached hydrogens (tertiary/aromatic N) is 2. The van der Waals surface area contributed by atoms with Crippen LogP contribution in [0.2, 0.25) is 0 Å². The van der Waals surface area contributed by atoms with E-state index < -0.39 is 14.6 Å². The third-order valence-corrected chi connectivity index (χ3v) is 13.2. The molecule has 0 N–H and O–H groups in total. The number of rotatable bonds is 2. The van der Waals surface area contributed by atoms with E-state index in [1.165, 1.54) is 11.1 Å². The van der Waals surface area contributed by atoms with E-state index in [1.807, 2.05) is 43.3 Å². The Hall–Kier alpha value is -0.140. The molecule has 0 aromatic carbocycles. The van der Waals surface area contributed by atoms with Gasteiger partial charge in [-0.05, 0) is 47.9 Å². The lowest BCUT2D eigenvalue weighted by molar-refractivity contribution is 0.493. The molecule has 3 aliphatic rings. The maximum atomic E-state index is 13.6. The zero-order valence-electron chi connectivity index (χ0n) is 13.1. The number of fused-ring (bicyclic) bond motifs is 5. The molecule has 3 heterocycles. The fraction of sp³-hybridized carbons (Fsp3) is 0.714. The van der Waals surface area contributed by atoms with E-state index in [4.69, 9.17) is 0 Å². The molecule has 0 radical (unpaired) electrons. The molecule has 0 aliphatic carbocycles. The van der Waals surface area contributed by atoms with E-state index in [0.29, 0.717) is 0 Å². The van der Waals surface area contributed by atoms with Crippen LogP contribution in [-0.4, -0.2) is 54.5 Å². The molecule has 3 aliphatic heterocycles. The second kappa shape index (κ2) is 4.20. The highest BCUT2D eigenvalue weighted by Gasteiger charge is 2.69. The molecule has 1 fully saturated rings. The van der Waals surface area contributed by atoms with Crippen LogP contribution in [-0.2, 0) is 9.13 Å². The maximum Gasteiger partial charge on any atom is 0.175 e. The quantitative estimate of drug-likeness (QED) is 0.579. The molecule has 112 valence electrons. The van der Waals surface area contributed by atoms with E-state index in [9.17, 15) is 9.13 Å². The van der Waals surface area contributed by atoms with Gasteiger partial charge in [0.15, 0.2) is 14.6 Å². The van der Waals surface area contributed by atoms with Crippen molar-refractivity contribution < 1.29 is 9.13 Å². The average Bonchev–Trinajstić information content (AvgIpc) is 2.85. The van der Waals surface area contributed by atoms with Gasteiger partial charge in [-0.2, -0.15) is 0 Å². The molecule has 20 heavy (non-hydrogen) atoms. The van der Waals surface area contributed by atoms with E-state index in [2.05, 4.69) is 19.9 Å². The standard InChI is InChI=1S/C14H24N2O2P2/c1-9-7-11-14-12(13(9)20(11,18)16(5)6)10(2)8-19(14,17)15(3)4/h7-8,11-14H,1-6H3/t11-,12-,13+,14+,19-,20?/m0/s1. The SMILES string of the molecule is CC1=C[P@@](=O)(N(C)C)[C@H]2[C@@H]1[C@H]1C(C)=C[C@@H]2P1(=O)N(C)C. The molecule has 4 nitrogen and oxygen atoms in total. The van der Waals surface area contributed by atoms with Crippen molar-refractivity contribution in [3.8, 4) is 0 Å². The molecular weight excluding hydrogens is 290 g/mol. The molecule has 0 spiro atoms. The van der Waals surface area contributed by atoms with Crippen molar-refractivity contribution in [2.75, 3.05) is 28.2 Å². The van der Waals surface area contributed by atoms with Crippen molar-refractivity contribution in [1.29, 1.82) is 0 Å². The summed E-state index contributed by atoms with van der Waals surface area (Å²) in [7, 11) is 2.53. The van der Waals surface area contributed by atoms with Gasteiger partial charge in [-0.15, -0.1) is 0 Å². The summed E-state index contributed by atoms with van der Waals surface area (Å²) >= 11 is 0. The van der Waals surface area contributed by atoms with E-state index in [1.54, 1.807) is 0 Å². The van der Waals surface area contributed by atoms with Gasteiger partial charge < -0.3 is 9.13 Å². The largest absolute Gasteiger partial charge is 0.305 e. The van der Waals surface area contributed by atoms with Crippen molar-refractivity contribution in [1.82, 2.24) is 9.34 Å². The number of hydrogen-bond donors (Lipinski definition) is 0. The third-order valence-electron chi connectivity index (χ3n) is 5.38. The van der Waals surface area contributed by atoms with Crippen LogP contribution >= 0.6 is 14.6 Å². The Kier molecular flexibility index (Phi) is 3.10. The summed E-state index contributed by atoms with van der Waals surface area (Å²) in [6, 6.07) is 0. The van der Waals surface area contributed by atoms with Gasteiger partial charge >= 0.3 is 0 Å². The number of hydrogen-bond acceptors (Lipinski definition) is 2. The van der Waals surface area contributed by atoms with Crippen molar-refractivity contribution in [2.45, 2.75) is 30.8 Å². The van der Waals surface area contributed by atoms with Crippen LogP contribution in [0.3, 0.4) is 0 Å². The van der Waals surface area contributed by atoms with Gasteiger partial charge in [0, 0.05) is 5.92 Å². The Labute approximate surface area is 121 Å². The van der Waals surface area contributed by atoms with Crippen molar-refractivity contribution >= 4 is 14.6 Å². The second-order valence-corrected chi connectivity index (χ2v) is 13.1. The van der Waals surface area contributed by atoms with Crippen LogP contribution in [0.15, 0.2) is 23.0 Å².